The average Bonchev–Trinajstić information content (AvgIpc) is 2.99. The summed E-state index contributed by atoms with van der Waals surface area (Å²) in [6.07, 6.45) is 6.79. The number of nitrogens with one attached hydrogen (secondary N) is 2. The number of rotatable bonds is 6. The van der Waals surface area contributed by atoms with Crippen molar-refractivity contribution in [2.75, 3.05) is 13.6 Å². The number of aliphatic imine (C=N–C) groups is 1. The van der Waals surface area contributed by atoms with Crippen LogP contribution in [-0.4, -0.2) is 30.6 Å². The van der Waals surface area contributed by atoms with E-state index in [1.807, 2.05) is 13.2 Å². The number of guanidine groups is 1. The summed E-state index contributed by atoms with van der Waals surface area (Å²) in [5.41, 5.74) is 0. The highest BCUT2D eigenvalue weighted by molar-refractivity contribution is 14.0. The lowest BCUT2D eigenvalue weighted by molar-refractivity contribution is 0.655. The summed E-state index contributed by atoms with van der Waals surface area (Å²) >= 11 is 1.77. The van der Waals surface area contributed by atoms with Crippen LogP contribution in [-0.2, 0) is 6.42 Å². The van der Waals surface area contributed by atoms with E-state index in [4.69, 9.17) is 0 Å². The van der Waals surface area contributed by atoms with Crippen molar-refractivity contribution in [3.05, 3.63) is 16.1 Å². The molecule has 0 spiro atoms. The summed E-state index contributed by atoms with van der Waals surface area (Å²) in [6, 6.07) is 0.633. The molecule has 4 nitrogen and oxygen atoms in total. The van der Waals surface area contributed by atoms with Gasteiger partial charge in [-0.3, -0.25) is 4.99 Å². The molecule has 1 aliphatic carbocycles. The second-order valence-electron chi connectivity index (χ2n) is 5.15. The van der Waals surface area contributed by atoms with Crippen molar-refractivity contribution < 1.29 is 0 Å². The van der Waals surface area contributed by atoms with E-state index >= 15 is 0 Å². The summed E-state index contributed by atoms with van der Waals surface area (Å²) in [7, 11) is 1.83. The van der Waals surface area contributed by atoms with E-state index < -0.39 is 0 Å². The molecule has 1 aromatic heterocycles. The number of hydrogen-bond acceptors (Lipinski definition) is 3. The van der Waals surface area contributed by atoms with Gasteiger partial charge in [0.05, 0.1) is 5.01 Å². The Kier molecular flexibility index (Phi) is 7.79. The molecule has 0 aromatic carbocycles. The number of hydrogen-bond donors (Lipinski definition) is 2. The Hall–Kier alpha value is -0.370. The Balaban J connectivity index is 0.00000200. The van der Waals surface area contributed by atoms with Gasteiger partial charge >= 0.3 is 0 Å². The fraction of sp³-hybridized carbons (Fsp3) is 0.714. The van der Waals surface area contributed by atoms with Gasteiger partial charge in [-0.25, -0.2) is 4.98 Å². The van der Waals surface area contributed by atoms with E-state index in [9.17, 15) is 0 Å². The number of nitrogens with zero attached hydrogens (tertiary/aromatic N) is 2. The molecule has 6 heteroatoms. The lowest BCUT2D eigenvalue weighted by atomic mass is 10.2. The molecule has 114 valence electrons. The summed E-state index contributed by atoms with van der Waals surface area (Å²) in [5, 5.41) is 8.05. The zero-order valence-corrected chi connectivity index (χ0v) is 15.6. The van der Waals surface area contributed by atoms with Crippen molar-refractivity contribution in [3.8, 4) is 0 Å². The molecule has 2 N–H and O–H groups in total. The predicted octanol–water partition coefficient (Wildman–Crippen LogP) is 2.97. The lowest BCUT2D eigenvalue weighted by Gasteiger charge is -2.11. The van der Waals surface area contributed by atoms with Crippen LogP contribution in [0.2, 0.25) is 0 Å². The minimum atomic E-state index is 0. The van der Waals surface area contributed by atoms with Gasteiger partial charge in [0.25, 0.3) is 0 Å². The molecule has 0 aliphatic heterocycles. The fourth-order valence-electron chi connectivity index (χ4n) is 2.29. The van der Waals surface area contributed by atoms with Crippen LogP contribution in [0.1, 0.15) is 36.1 Å². The number of thiazole rings is 1. The lowest BCUT2D eigenvalue weighted by Crippen LogP contribution is -2.40. The van der Waals surface area contributed by atoms with Gasteiger partial charge in [0, 0.05) is 37.1 Å². The summed E-state index contributed by atoms with van der Waals surface area (Å²) in [5.74, 6) is 1.78. The van der Waals surface area contributed by atoms with Gasteiger partial charge < -0.3 is 10.6 Å². The van der Waals surface area contributed by atoms with Gasteiger partial charge in [-0.2, -0.15) is 0 Å². The molecule has 0 saturated heterocycles. The van der Waals surface area contributed by atoms with Crippen molar-refractivity contribution >= 4 is 41.3 Å². The summed E-state index contributed by atoms with van der Waals surface area (Å²) in [4.78, 5) is 9.92. The summed E-state index contributed by atoms with van der Waals surface area (Å²) < 4.78 is 0. The normalized spacial score (nSPS) is 21.2. The zero-order valence-electron chi connectivity index (χ0n) is 12.5. The van der Waals surface area contributed by atoms with E-state index in [1.165, 1.54) is 29.1 Å². The molecule has 1 saturated carbocycles. The largest absolute Gasteiger partial charge is 0.356 e. The third-order valence-electron chi connectivity index (χ3n) is 3.43. The molecule has 1 aromatic rings. The fourth-order valence-corrected chi connectivity index (χ4v) is 3.08. The highest BCUT2D eigenvalue weighted by Gasteiger charge is 2.36. The van der Waals surface area contributed by atoms with Gasteiger partial charge in [0.15, 0.2) is 5.96 Å². The molecule has 20 heavy (non-hydrogen) atoms. The Bertz CT molecular complexity index is 433. The van der Waals surface area contributed by atoms with Gasteiger partial charge in [-0.05, 0) is 25.7 Å². The third-order valence-corrected chi connectivity index (χ3v) is 4.40. The highest BCUT2D eigenvalue weighted by atomic mass is 127. The SMILES string of the molecule is CCCC1CC1NC(=NC)NCCc1ncc(C)s1.I. The van der Waals surface area contributed by atoms with Crippen LogP contribution in [0, 0.1) is 12.8 Å². The Morgan fingerprint density at radius 3 is 2.95 bits per heavy atom. The minimum Gasteiger partial charge on any atom is -0.356 e. The quantitative estimate of drug-likeness (QED) is 0.432. The number of aryl methyl sites for hydroxylation is 1. The van der Waals surface area contributed by atoms with Gasteiger partial charge in [0.2, 0.25) is 0 Å². The van der Waals surface area contributed by atoms with Crippen LogP contribution >= 0.6 is 35.3 Å². The van der Waals surface area contributed by atoms with Crippen LogP contribution in [0.25, 0.3) is 0 Å². The standard InChI is InChI=1S/C14H24N4S.HI/c1-4-5-11-8-12(11)18-14(15-3)16-7-6-13-17-9-10(2)19-13;/h9,11-12H,4-8H2,1-3H3,(H2,15,16,18);1H. The van der Waals surface area contributed by atoms with Crippen LogP contribution in [0.5, 0.6) is 0 Å². The van der Waals surface area contributed by atoms with Gasteiger partial charge in [0.1, 0.15) is 0 Å². The molecule has 1 aliphatic rings. The Morgan fingerprint density at radius 2 is 2.35 bits per heavy atom. The maximum Gasteiger partial charge on any atom is 0.191 e. The molecular weight excluding hydrogens is 383 g/mol. The van der Waals surface area contributed by atoms with Crippen LogP contribution in [0.3, 0.4) is 0 Å². The first kappa shape index (κ1) is 17.7. The molecule has 2 unspecified atom stereocenters. The molecule has 1 fully saturated rings. The van der Waals surface area contributed by atoms with Crippen molar-refractivity contribution in [3.63, 3.8) is 0 Å². The molecule has 0 radical (unpaired) electrons. The number of aromatic nitrogens is 1. The molecule has 0 amide bonds. The molecular formula is C14H25IN4S. The van der Waals surface area contributed by atoms with Gasteiger partial charge in [-0.15, -0.1) is 35.3 Å². The van der Waals surface area contributed by atoms with Crippen LogP contribution in [0.15, 0.2) is 11.2 Å². The zero-order chi connectivity index (χ0) is 13.7. The Labute approximate surface area is 142 Å². The van der Waals surface area contributed by atoms with Crippen LogP contribution in [0.4, 0.5) is 0 Å². The number of halogens is 1. The van der Waals surface area contributed by atoms with Crippen LogP contribution < -0.4 is 10.6 Å². The minimum absolute atomic E-state index is 0. The summed E-state index contributed by atoms with van der Waals surface area (Å²) in [6.45, 7) is 5.23. The molecule has 2 atom stereocenters. The van der Waals surface area contributed by atoms with Gasteiger partial charge in [-0.1, -0.05) is 13.3 Å². The Morgan fingerprint density at radius 1 is 1.55 bits per heavy atom. The van der Waals surface area contributed by atoms with Crippen molar-refractivity contribution in [1.82, 2.24) is 15.6 Å². The second kappa shape index (κ2) is 8.81. The van der Waals surface area contributed by atoms with E-state index in [1.54, 1.807) is 11.3 Å². The first-order valence-electron chi connectivity index (χ1n) is 7.11. The molecule has 0 bridgehead atoms. The second-order valence-corrected chi connectivity index (χ2v) is 6.47. The maximum absolute atomic E-state index is 4.37. The van der Waals surface area contributed by atoms with E-state index in [0.29, 0.717) is 6.04 Å². The van der Waals surface area contributed by atoms with Crippen molar-refractivity contribution in [2.24, 2.45) is 10.9 Å². The predicted molar refractivity (Wildman–Crippen MR) is 97.3 cm³/mol. The monoisotopic (exact) mass is 408 g/mol. The first-order valence-corrected chi connectivity index (χ1v) is 7.93. The van der Waals surface area contributed by atoms with E-state index in [-0.39, 0.29) is 24.0 Å². The highest BCUT2D eigenvalue weighted by Crippen LogP contribution is 2.34. The van der Waals surface area contributed by atoms with E-state index in [0.717, 1.165) is 24.8 Å². The average molecular weight is 408 g/mol. The molecule has 1 heterocycles. The van der Waals surface area contributed by atoms with Crippen molar-refractivity contribution in [2.45, 2.75) is 45.6 Å². The molecule has 2 rings (SSSR count). The maximum atomic E-state index is 4.37. The van der Waals surface area contributed by atoms with E-state index in [2.05, 4.69) is 34.5 Å². The smallest absolute Gasteiger partial charge is 0.191 e. The third kappa shape index (κ3) is 5.55. The van der Waals surface area contributed by atoms with Crippen molar-refractivity contribution in [1.29, 1.82) is 0 Å². The first-order chi connectivity index (χ1) is 9.22. The topological polar surface area (TPSA) is 49.3 Å².